The van der Waals surface area contributed by atoms with Gasteiger partial charge in [0.25, 0.3) is 5.56 Å². The molecule has 0 radical (unpaired) electrons. The Morgan fingerprint density at radius 2 is 2.50 bits per heavy atom. The lowest BCUT2D eigenvalue weighted by molar-refractivity contribution is -0.114. The minimum atomic E-state index is -0.445. The molecule has 0 aromatic carbocycles. The second-order valence-corrected chi connectivity index (χ2v) is 2.02. The van der Waals surface area contributed by atoms with Crippen molar-refractivity contribution in [2.45, 2.75) is 0 Å². The second-order valence-electron chi connectivity index (χ2n) is 2.02. The van der Waals surface area contributed by atoms with Crippen LogP contribution in [0.4, 0.5) is 5.82 Å². The van der Waals surface area contributed by atoms with E-state index in [2.05, 4.69) is 15.3 Å². The molecule has 0 unspecified atom stereocenters. The van der Waals surface area contributed by atoms with Crippen LogP contribution in [0.3, 0.4) is 0 Å². The van der Waals surface area contributed by atoms with Crippen LogP contribution in [0.15, 0.2) is 17.2 Å². The van der Waals surface area contributed by atoms with Gasteiger partial charge in [-0.1, -0.05) is 0 Å². The number of carbonyl (C=O) groups is 1. The number of rotatable bonds is 2. The van der Waals surface area contributed by atoms with Crippen molar-refractivity contribution in [3.63, 3.8) is 0 Å². The number of nitrogens with two attached hydrogens (primary N) is 1. The third-order valence-electron chi connectivity index (χ3n) is 1.15. The highest BCUT2D eigenvalue weighted by Crippen LogP contribution is 1.87. The van der Waals surface area contributed by atoms with Gasteiger partial charge in [-0.3, -0.25) is 9.59 Å². The molecule has 0 saturated carbocycles. The number of aromatic amines is 1. The van der Waals surface area contributed by atoms with Gasteiger partial charge in [0.1, 0.15) is 0 Å². The Hall–Kier alpha value is -1.69. The van der Waals surface area contributed by atoms with Crippen LogP contribution in [-0.2, 0) is 4.79 Å². The smallest absolute Gasteiger partial charge is 0.291 e. The van der Waals surface area contributed by atoms with Crippen LogP contribution < -0.4 is 16.6 Å². The molecule has 1 heterocycles. The van der Waals surface area contributed by atoms with Crippen molar-refractivity contribution < 1.29 is 4.79 Å². The fourth-order valence-corrected chi connectivity index (χ4v) is 0.624. The number of carbonyl (C=O) groups excluding carboxylic acids is 1. The standard InChI is InChI=1S/C6H8N4O2/c7-3-4(11)10-5-6(12)9-2-1-8-5/h1-2H,3,7H2,(H,9,12)(H,8,10,11). The zero-order valence-electron chi connectivity index (χ0n) is 6.20. The van der Waals surface area contributed by atoms with Gasteiger partial charge in [-0.05, 0) is 0 Å². The minimum Gasteiger partial charge on any atom is -0.324 e. The molecule has 0 spiro atoms. The largest absolute Gasteiger partial charge is 0.324 e. The molecule has 12 heavy (non-hydrogen) atoms. The summed E-state index contributed by atoms with van der Waals surface area (Å²) in [5.74, 6) is -0.479. The van der Waals surface area contributed by atoms with E-state index in [1.807, 2.05) is 0 Å². The molecule has 1 aromatic heterocycles. The maximum Gasteiger partial charge on any atom is 0.291 e. The van der Waals surface area contributed by atoms with Gasteiger partial charge in [0.2, 0.25) is 5.91 Å². The molecule has 0 bridgehead atoms. The number of anilines is 1. The Morgan fingerprint density at radius 1 is 1.75 bits per heavy atom. The van der Waals surface area contributed by atoms with Crippen molar-refractivity contribution in [3.05, 3.63) is 22.7 Å². The molecule has 1 amide bonds. The van der Waals surface area contributed by atoms with Crippen LogP contribution in [0, 0.1) is 0 Å². The number of hydrogen-bond acceptors (Lipinski definition) is 4. The van der Waals surface area contributed by atoms with Gasteiger partial charge in [0, 0.05) is 12.4 Å². The first-order chi connectivity index (χ1) is 5.74. The van der Waals surface area contributed by atoms with Crippen molar-refractivity contribution in [2.75, 3.05) is 11.9 Å². The fourth-order valence-electron chi connectivity index (χ4n) is 0.624. The molecule has 0 atom stereocenters. The van der Waals surface area contributed by atoms with Crippen LogP contribution in [0.5, 0.6) is 0 Å². The zero-order chi connectivity index (χ0) is 8.97. The van der Waals surface area contributed by atoms with E-state index in [0.717, 1.165) is 0 Å². The first kappa shape index (κ1) is 8.41. The molecule has 64 valence electrons. The topological polar surface area (TPSA) is 101 Å². The van der Waals surface area contributed by atoms with Crippen LogP contribution in [0.2, 0.25) is 0 Å². The van der Waals surface area contributed by atoms with E-state index >= 15 is 0 Å². The second kappa shape index (κ2) is 3.63. The maximum atomic E-state index is 10.9. The molecule has 0 aliphatic carbocycles. The van der Waals surface area contributed by atoms with E-state index < -0.39 is 11.5 Å². The first-order valence-corrected chi connectivity index (χ1v) is 3.27. The highest BCUT2D eigenvalue weighted by Gasteiger charge is 2.02. The lowest BCUT2D eigenvalue weighted by atomic mass is 10.5. The Bertz CT molecular complexity index is 332. The van der Waals surface area contributed by atoms with Crippen LogP contribution in [0.25, 0.3) is 0 Å². The number of nitrogens with zero attached hydrogens (tertiary/aromatic N) is 1. The molecule has 0 aliphatic heterocycles. The molecular weight excluding hydrogens is 160 g/mol. The Balaban J connectivity index is 2.83. The Kier molecular flexibility index (Phi) is 2.54. The normalized spacial score (nSPS) is 9.42. The summed E-state index contributed by atoms with van der Waals surface area (Å²) in [7, 11) is 0. The van der Waals surface area contributed by atoms with Gasteiger partial charge in [-0.25, -0.2) is 4.98 Å². The summed E-state index contributed by atoms with van der Waals surface area (Å²) in [6.45, 7) is -0.171. The number of H-pyrrole nitrogens is 1. The predicted octanol–water partition coefficient (Wildman–Crippen LogP) is -1.33. The summed E-state index contributed by atoms with van der Waals surface area (Å²) >= 11 is 0. The average Bonchev–Trinajstić information content (AvgIpc) is 2.09. The van der Waals surface area contributed by atoms with Crippen LogP contribution in [0.1, 0.15) is 0 Å². The first-order valence-electron chi connectivity index (χ1n) is 3.27. The minimum absolute atomic E-state index is 0.0343. The van der Waals surface area contributed by atoms with Crippen LogP contribution in [-0.4, -0.2) is 22.4 Å². The van der Waals surface area contributed by atoms with E-state index in [1.165, 1.54) is 12.4 Å². The average molecular weight is 168 g/mol. The van der Waals surface area contributed by atoms with Crippen molar-refractivity contribution in [2.24, 2.45) is 5.73 Å². The Labute approximate surface area is 67.8 Å². The van der Waals surface area contributed by atoms with E-state index in [1.54, 1.807) is 0 Å². The van der Waals surface area contributed by atoms with Crippen molar-refractivity contribution in [3.8, 4) is 0 Å². The monoisotopic (exact) mass is 168 g/mol. The highest BCUT2D eigenvalue weighted by atomic mass is 16.2. The lowest BCUT2D eigenvalue weighted by Gasteiger charge is -1.98. The third kappa shape index (κ3) is 1.89. The molecule has 0 fully saturated rings. The summed E-state index contributed by atoms with van der Waals surface area (Å²) in [5, 5.41) is 2.24. The molecule has 0 saturated heterocycles. The SMILES string of the molecule is NCC(=O)Nc1ncc[nH]c1=O. The molecule has 0 aliphatic rings. The summed E-state index contributed by atoms with van der Waals surface area (Å²) in [6, 6.07) is 0. The van der Waals surface area contributed by atoms with Gasteiger partial charge in [-0.15, -0.1) is 0 Å². The Morgan fingerprint density at radius 3 is 3.08 bits per heavy atom. The number of nitrogens with one attached hydrogen (secondary N) is 2. The molecule has 1 rings (SSSR count). The predicted molar refractivity (Wildman–Crippen MR) is 42.5 cm³/mol. The van der Waals surface area contributed by atoms with Crippen LogP contribution >= 0.6 is 0 Å². The van der Waals surface area contributed by atoms with Gasteiger partial charge in [-0.2, -0.15) is 0 Å². The number of aromatic nitrogens is 2. The van der Waals surface area contributed by atoms with Crippen molar-refractivity contribution >= 4 is 11.7 Å². The third-order valence-corrected chi connectivity index (χ3v) is 1.15. The van der Waals surface area contributed by atoms with E-state index in [9.17, 15) is 9.59 Å². The lowest BCUT2D eigenvalue weighted by Crippen LogP contribution is -2.26. The molecule has 4 N–H and O–H groups in total. The number of hydrogen-bond donors (Lipinski definition) is 3. The molecular formula is C6H8N4O2. The van der Waals surface area contributed by atoms with Gasteiger partial charge in [0.05, 0.1) is 6.54 Å². The quantitative estimate of drug-likeness (QED) is 0.509. The highest BCUT2D eigenvalue weighted by molar-refractivity contribution is 5.90. The summed E-state index contributed by atoms with van der Waals surface area (Å²) < 4.78 is 0. The molecule has 6 nitrogen and oxygen atoms in total. The van der Waals surface area contributed by atoms with Crippen molar-refractivity contribution in [1.82, 2.24) is 9.97 Å². The van der Waals surface area contributed by atoms with Gasteiger partial charge < -0.3 is 16.0 Å². The fraction of sp³-hybridized carbons (Fsp3) is 0.167. The summed E-state index contributed by atoms with van der Waals surface area (Å²) in [6.07, 6.45) is 2.74. The van der Waals surface area contributed by atoms with E-state index in [4.69, 9.17) is 5.73 Å². The summed E-state index contributed by atoms with van der Waals surface area (Å²) in [5.41, 5.74) is 4.57. The maximum absolute atomic E-state index is 10.9. The van der Waals surface area contributed by atoms with Gasteiger partial charge in [0.15, 0.2) is 5.82 Å². The number of amides is 1. The van der Waals surface area contributed by atoms with Crippen molar-refractivity contribution in [1.29, 1.82) is 0 Å². The van der Waals surface area contributed by atoms with E-state index in [-0.39, 0.29) is 12.4 Å². The summed E-state index contributed by atoms with van der Waals surface area (Å²) in [4.78, 5) is 27.6. The van der Waals surface area contributed by atoms with Gasteiger partial charge >= 0.3 is 0 Å². The molecule has 1 aromatic rings. The molecule has 6 heteroatoms. The van der Waals surface area contributed by atoms with E-state index in [0.29, 0.717) is 0 Å². The zero-order valence-corrected chi connectivity index (χ0v) is 6.20.